The van der Waals surface area contributed by atoms with Crippen molar-refractivity contribution >= 4 is 11.8 Å². The van der Waals surface area contributed by atoms with Crippen molar-refractivity contribution in [3.05, 3.63) is 71.3 Å². The van der Waals surface area contributed by atoms with Gasteiger partial charge < -0.3 is 10.2 Å². The van der Waals surface area contributed by atoms with E-state index in [1.807, 2.05) is 32.0 Å². The highest BCUT2D eigenvalue weighted by atomic mass is 16.2. The molecule has 0 aliphatic heterocycles. The highest BCUT2D eigenvalue weighted by Gasteiger charge is 2.28. The molecule has 0 unspecified atom stereocenters. The van der Waals surface area contributed by atoms with Gasteiger partial charge in [-0.05, 0) is 54.7 Å². The van der Waals surface area contributed by atoms with Crippen molar-refractivity contribution in [2.24, 2.45) is 0 Å². The Labute approximate surface area is 200 Å². The van der Waals surface area contributed by atoms with E-state index in [2.05, 4.69) is 69.4 Å². The van der Waals surface area contributed by atoms with Crippen molar-refractivity contribution in [1.82, 2.24) is 10.2 Å². The van der Waals surface area contributed by atoms with Gasteiger partial charge in [-0.25, -0.2) is 0 Å². The predicted octanol–water partition coefficient (Wildman–Crippen LogP) is 5.68. The van der Waals surface area contributed by atoms with Gasteiger partial charge in [0.05, 0.1) is 0 Å². The van der Waals surface area contributed by atoms with Gasteiger partial charge in [-0.1, -0.05) is 89.2 Å². The molecule has 0 heterocycles. The molecule has 0 aromatic heterocycles. The van der Waals surface area contributed by atoms with Crippen LogP contribution in [-0.2, 0) is 27.8 Å². The van der Waals surface area contributed by atoms with Crippen LogP contribution in [0, 0.1) is 0 Å². The molecule has 33 heavy (non-hydrogen) atoms. The number of carbonyl (C=O) groups excluding carboxylic acids is 2. The fraction of sp³-hybridized carbons (Fsp3) is 0.517. The molecule has 2 rings (SSSR count). The summed E-state index contributed by atoms with van der Waals surface area (Å²) in [4.78, 5) is 28.2. The fourth-order valence-corrected chi connectivity index (χ4v) is 3.90. The third kappa shape index (κ3) is 8.34. The number of amides is 2. The maximum absolute atomic E-state index is 13.4. The highest BCUT2D eigenvalue weighted by Crippen LogP contribution is 2.22. The van der Waals surface area contributed by atoms with Crippen molar-refractivity contribution in [1.29, 1.82) is 0 Å². The molecule has 0 bridgehead atoms. The molecule has 4 heteroatoms. The maximum Gasteiger partial charge on any atom is 0.243 e. The van der Waals surface area contributed by atoms with E-state index in [0.29, 0.717) is 25.8 Å². The molecule has 180 valence electrons. The van der Waals surface area contributed by atoms with Crippen molar-refractivity contribution in [3.63, 3.8) is 0 Å². The minimum absolute atomic E-state index is 0.0389. The molecule has 1 N–H and O–H groups in total. The first kappa shape index (κ1) is 26.6. The van der Waals surface area contributed by atoms with E-state index in [-0.39, 0.29) is 23.3 Å². The van der Waals surface area contributed by atoms with Crippen molar-refractivity contribution in [2.75, 3.05) is 6.54 Å². The molecule has 0 saturated carbocycles. The summed E-state index contributed by atoms with van der Waals surface area (Å²) in [6.07, 6.45) is 3.28. The molecular weight excluding hydrogens is 408 g/mol. The van der Waals surface area contributed by atoms with Crippen LogP contribution in [0.2, 0.25) is 0 Å². The van der Waals surface area contributed by atoms with Crippen LogP contribution in [0.3, 0.4) is 0 Å². The molecule has 2 aromatic carbocycles. The van der Waals surface area contributed by atoms with Gasteiger partial charge in [-0.15, -0.1) is 0 Å². The number of nitrogens with zero attached hydrogens (tertiary/aromatic N) is 1. The van der Waals surface area contributed by atoms with E-state index in [4.69, 9.17) is 0 Å². The second kappa shape index (κ2) is 12.6. The SMILES string of the molecule is CC[C@H](C)NC(=O)[C@H](CC)N(CCc1ccccc1)C(=O)CCc1ccc(C(C)(C)C)cc1. The minimum Gasteiger partial charge on any atom is -0.352 e. The zero-order valence-electron chi connectivity index (χ0n) is 21.4. The van der Waals surface area contributed by atoms with Gasteiger partial charge in [-0.3, -0.25) is 9.59 Å². The number of hydrogen-bond acceptors (Lipinski definition) is 2. The largest absolute Gasteiger partial charge is 0.352 e. The summed E-state index contributed by atoms with van der Waals surface area (Å²) in [7, 11) is 0. The molecule has 0 aliphatic rings. The van der Waals surface area contributed by atoms with Crippen molar-refractivity contribution in [2.45, 2.75) is 91.1 Å². The smallest absolute Gasteiger partial charge is 0.243 e. The van der Waals surface area contributed by atoms with E-state index in [9.17, 15) is 9.59 Å². The highest BCUT2D eigenvalue weighted by molar-refractivity contribution is 5.88. The first-order valence-corrected chi connectivity index (χ1v) is 12.4. The Kier molecular flexibility index (Phi) is 10.1. The zero-order valence-corrected chi connectivity index (χ0v) is 21.4. The second-order valence-electron chi connectivity index (χ2n) is 10.0. The Morgan fingerprint density at radius 2 is 1.48 bits per heavy atom. The zero-order chi connectivity index (χ0) is 24.4. The average Bonchev–Trinajstić information content (AvgIpc) is 2.80. The number of nitrogens with one attached hydrogen (secondary N) is 1. The van der Waals surface area contributed by atoms with Crippen molar-refractivity contribution < 1.29 is 9.59 Å². The van der Waals surface area contributed by atoms with Crippen LogP contribution in [0.15, 0.2) is 54.6 Å². The first-order valence-electron chi connectivity index (χ1n) is 12.4. The molecule has 4 nitrogen and oxygen atoms in total. The van der Waals surface area contributed by atoms with E-state index in [1.54, 1.807) is 4.90 Å². The summed E-state index contributed by atoms with van der Waals surface area (Å²) >= 11 is 0. The number of carbonyl (C=O) groups is 2. The van der Waals surface area contributed by atoms with E-state index >= 15 is 0 Å². The van der Waals surface area contributed by atoms with Crippen molar-refractivity contribution in [3.8, 4) is 0 Å². The molecule has 0 spiro atoms. The Balaban J connectivity index is 2.12. The summed E-state index contributed by atoms with van der Waals surface area (Å²) in [6.45, 7) is 13.2. The van der Waals surface area contributed by atoms with Crippen LogP contribution in [-0.4, -0.2) is 35.3 Å². The van der Waals surface area contributed by atoms with Crippen LogP contribution in [0.4, 0.5) is 0 Å². The Morgan fingerprint density at radius 1 is 0.879 bits per heavy atom. The lowest BCUT2D eigenvalue weighted by Crippen LogP contribution is -2.51. The van der Waals surface area contributed by atoms with Gasteiger partial charge in [0.15, 0.2) is 0 Å². The van der Waals surface area contributed by atoms with Crippen LogP contribution in [0.1, 0.15) is 77.5 Å². The molecule has 2 aromatic rings. The Morgan fingerprint density at radius 3 is 2.03 bits per heavy atom. The predicted molar refractivity (Wildman–Crippen MR) is 137 cm³/mol. The lowest BCUT2D eigenvalue weighted by molar-refractivity contribution is -0.141. The number of aryl methyl sites for hydroxylation is 1. The molecule has 2 amide bonds. The lowest BCUT2D eigenvalue weighted by Gasteiger charge is -2.31. The minimum atomic E-state index is -0.446. The van der Waals surface area contributed by atoms with Gasteiger partial charge in [0.25, 0.3) is 0 Å². The molecule has 0 saturated heterocycles. The van der Waals surface area contributed by atoms with Gasteiger partial charge in [0.1, 0.15) is 6.04 Å². The normalized spacial score (nSPS) is 13.3. The van der Waals surface area contributed by atoms with Gasteiger partial charge in [0, 0.05) is 19.0 Å². The van der Waals surface area contributed by atoms with E-state index in [1.165, 1.54) is 11.1 Å². The topological polar surface area (TPSA) is 49.4 Å². The average molecular weight is 451 g/mol. The fourth-order valence-electron chi connectivity index (χ4n) is 3.90. The monoisotopic (exact) mass is 450 g/mol. The van der Waals surface area contributed by atoms with Gasteiger partial charge in [0.2, 0.25) is 11.8 Å². The standard InChI is InChI=1S/C29H42N2O2/c1-7-22(3)30-28(33)26(8-2)31(21-20-23-12-10-9-11-13-23)27(32)19-16-24-14-17-25(18-15-24)29(4,5)6/h9-15,17-18,22,26H,7-8,16,19-21H2,1-6H3,(H,30,33)/t22-,26-/m0/s1. The lowest BCUT2D eigenvalue weighted by atomic mass is 9.86. The molecule has 0 fully saturated rings. The summed E-state index contributed by atoms with van der Waals surface area (Å²) in [5.74, 6) is -0.0141. The second-order valence-corrected chi connectivity index (χ2v) is 10.0. The Hall–Kier alpha value is -2.62. The summed E-state index contributed by atoms with van der Waals surface area (Å²) in [5.41, 5.74) is 3.72. The molecular formula is C29H42N2O2. The summed E-state index contributed by atoms with van der Waals surface area (Å²) in [5, 5.41) is 3.08. The molecule has 0 radical (unpaired) electrons. The summed E-state index contributed by atoms with van der Waals surface area (Å²) in [6, 6.07) is 18.3. The van der Waals surface area contributed by atoms with Crippen LogP contribution < -0.4 is 5.32 Å². The van der Waals surface area contributed by atoms with E-state index < -0.39 is 6.04 Å². The molecule has 0 aliphatic carbocycles. The Bertz CT molecular complexity index is 869. The first-order chi connectivity index (χ1) is 15.7. The third-order valence-corrected chi connectivity index (χ3v) is 6.32. The quantitative estimate of drug-likeness (QED) is 0.479. The number of benzene rings is 2. The summed E-state index contributed by atoms with van der Waals surface area (Å²) < 4.78 is 0. The van der Waals surface area contributed by atoms with Crippen LogP contribution in [0.5, 0.6) is 0 Å². The third-order valence-electron chi connectivity index (χ3n) is 6.32. The van der Waals surface area contributed by atoms with E-state index in [0.717, 1.165) is 18.4 Å². The maximum atomic E-state index is 13.4. The number of hydrogen-bond donors (Lipinski definition) is 1. The van der Waals surface area contributed by atoms with Gasteiger partial charge >= 0.3 is 0 Å². The van der Waals surface area contributed by atoms with Gasteiger partial charge in [-0.2, -0.15) is 0 Å². The molecule has 2 atom stereocenters. The number of rotatable bonds is 11. The van der Waals surface area contributed by atoms with Crippen LogP contribution >= 0.6 is 0 Å². The van der Waals surface area contributed by atoms with Crippen LogP contribution in [0.25, 0.3) is 0 Å².